The Morgan fingerprint density at radius 1 is 1.08 bits per heavy atom. The van der Waals surface area contributed by atoms with Gasteiger partial charge in [0, 0.05) is 13.6 Å². The number of sulfonamides is 1. The van der Waals surface area contributed by atoms with Gasteiger partial charge < -0.3 is 5.32 Å². The van der Waals surface area contributed by atoms with E-state index >= 15 is 0 Å². The van der Waals surface area contributed by atoms with Gasteiger partial charge in [-0.05, 0) is 54.7 Å². The number of rotatable bonds is 3. The highest BCUT2D eigenvalue weighted by Gasteiger charge is 2.39. The summed E-state index contributed by atoms with van der Waals surface area (Å²) in [6, 6.07) is 12.0. The van der Waals surface area contributed by atoms with Crippen LogP contribution in [0.1, 0.15) is 22.3 Å². The van der Waals surface area contributed by atoms with E-state index in [0.29, 0.717) is 6.42 Å². The van der Waals surface area contributed by atoms with Gasteiger partial charge in [0.15, 0.2) is 0 Å². The molecule has 1 heterocycles. The molecular formula is C19H22N2O3S. The highest BCUT2D eigenvalue weighted by atomic mass is 32.2. The first-order chi connectivity index (χ1) is 11.8. The van der Waals surface area contributed by atoms with Gasteiger partial charge in [0.05, 0.1) is 4.90 Å². The number of carbonyl (C=O) groups excluding carboxylic acids is 1. The van der Waals surface area contributed by atoms with Crippen LogP contribution in [0.2, 0.25) is 0 Å². The molecule has 1 atom stereocenters. The number of hydrogen-bond acceptors (Lipinski definition) is 3. The zero-order valence-corrected chi connectivity index (χ0v) is 15.4. The molecule has 1 N–H and O–H groups in total. The van der Waals surface area contributed by atoms with Crippen molar-refractivity contribution in [3.05, 3.63) is 64.7 Å². The first kappa shape index (κ1) is 17.6. The molecule has 25 heavy (non-hydrogen) atoms. The van der Waals surface area contributed by atoms with E-state index in [1.54, 1.807) is 18.2 Å². The number of aryl methyl sites for hydroxylation is 2. The van der Waals surface area contributed by atoms with E-state index in [1.807, 2.05) is 38.1 Å². The van der Waals surface area contributed by atoms with Crippen LogP contribution < -0.4 is 5.32 Å². The molecule has 0 aliphatic carbocycles. The fourth-order valence-corrected chi connectivity index (χ4v) is 4.80. The number of nitrogens with one attached hydrogen (secondary N) is 1. The van der Waals surface area contributed by atoms with Crippen molar-refractivity contribution in [1.29, 1.82) is 0 Å². The molecule has 1 aliphatic heterocycles. The van der Waals surface area contributed by atoms with Gasteiger partial charge in [-0.1, -0.05) is 30.3 Å². The van der Waals surface area contributed by atoms with Crippen LogP contribution in [-0.4, -0.2) is 31.7 Å². The van der Waals surface area contributed by atoms with Crippen LogP contribution in [-0.2, 0) is 27.8 Å². The summed E-state index contributed by atoms with van der Waals surface area (Å²) in [5.41, 5.74) is 3.90. The quantitative estimate of drug-likeness (QED) is 0.914. The van der Waals surface area contributed by atoms with Gasteiger partial charge in [0.2, 0.25) is 15.9 Å². The second-order valence-corrected chi connectivity index (χ2v) is 8.29. The third kappa shape index (κ3) is 3.19. The molecule has 2 aromatic carbocycles. The molecule has 5 nitrogen and oxygen atoms in total. The molecule has 0 radical (unpaired) electrons. The van der Waals surface area contributed by atoms with Crippen molar-refractivity contribution in [2.75, 3.05) is 7.05 Å². The number of nitrogens with zero attached hydrogens (tertiary/aromatic N) is 1. The van der Waals surface area contributed by atoms with Crippen LogP contribution in [0.25, 0.3) is 0 Å². The van der Waals surface area contributed by atoms with E-state index in [2.05, 4.69) is 5.32 Å². The van der Waals surface area contributed by atoms with Crippen LogP contribution in [0.4, 0.5) is 0 Å². The molecule has 0 spiro atoms. The van der Waals surface area contributed by atoms with Crippen molar-refractivity contribution in [3.8, 4) is 0 Å². The van der Waals surface area contributed by atoms with Gasteiger partial charge in [0.25, 0.3) is 0 Å². The summed E-state index contributed by atoms with van der Waals surface area (Å²) in [4.78, 5) is 12.6. The van der Waals surface area contributed by atoms with Crippen molar-refractivity contribution in [2.45, 2.75) is 37.8 Å². The molecule has 0 fully saturated rings. The lowest BCUT2D eigenvalue weighted by Crippen LogP contribution is -2.51. The number of carbonyl (C=O) groups is 1. The first-order valence-corrected chi connectivity index (χ1v) is 9.66. The van der Waals surface area contributed by atoms with Gasteiger partial charge in [-0.25, -0.2) is 8.42 Å². The lowest BCUT2D eigenvalue weighted by molar-refractivity contribution is -0.124. The molecule has 0 aromatic heterocycles. The van der Waals surface area contributed by atoms with Crippen LogP contribution in [0.5, 0.6) is 0 Å². The second kappa shape index (κ2) is 6.61. The van der Waals surface area contributed by atoms with Crippen LogP contribution in [0, 0.1) is 13.8 Å². The summed E-state index contributed by atoms with van der Waals surface area (Å²) in [6.07, 6.45) is 0.375. The highest BCUT2D eigenvalue weighted by molar-refractivity contribution is 7.89. The smallest absolute Gasteiger partial charge is 0.244 e. The second-order valence-electron chi connectivity index (χ2n) is 6.40. The minimum absolute atomic E-state index is 0.198. The molecule has 0 saturated heterocycles. The topological polar surface area (TPSA) is 66.5 Å². The fourth-order valence-electron chi connectivity index (χ4n) is 3.15. The summed E-state index contributed by atoms with van der Waals surface area (Å²) in [6.45, 7) is 4.02. The summed E-state index contributed by atoms with van der Waals surface area (Å²) in [5.74, 6) is -0.290. The maximum absolute atomic E-state index is 13.2. The molecule has 0 bridgehead atoms. The Bertz CT molecular complexity index is 922. The van der Waals surface area contributed by atoms with Gasteiger partial charge >= 0.3 is 0 Å². The predicted molar refractivity (Wildman–Crippen MR) is 96.6 cm³/mol. The Morgan fingerprint density at radius 2 is 1.76 bits per heavy atom. The van der Waals surface area contributed by atoms with Crippen LogP contribution >= 0.6 is 0 Å². The Kier molecular flexibility index (Phi) is 4.67. The van der Waals surface area contributed by atoms with Gasteiger partial charge in [-0.3, -0.25) is 4.79 Å². The molecule has 0 saturated carbocycles. The molecule has 1 amide bonds. The Balaban J connectivity index is 2.08. The van der Waals surface area contributed by atoms with Crippen LogP contribution in [0.3, 0.4) is 0 Å². The zero-order chi connectivity index (χ0) is 18.2. The maximum Gasteiger partial charge on any atom is 0.244 e. The molecule has 2 aromatic rings. The lowest BCUT2D eigenvalue weighted by Gasteiger charge is -2.34. The molecule has 1 unspecified atom stereocenters. The third-order valence-electron chi connectivity index (χ3n) is 4.84. The summed E-state index contributed by atoms with van der Waals surface area (Å²) in [7, 11) is -2.24. The minimum Gasteiger partial charge on any atom is -0.358 e. The van der Waals surface area contributed by atoms with Crippen molar-refractivity contribution < 1.29 is 13.2 Å². The Hall–Kier alpha value is -2.18. The number of amides is 1. The van der Waals surface area contributed by atoms with Crippen LogP contribution in [0.15, 0.2) is 47.4 Å². The number of benzene rings is 2. The van der Waals surface area contributed by atoms with E-state index in [-0.39, 0.29) is 17.3 Å². The monoisotopic (exact) mass is 358 g/mol. The maximum atomic E-state index is 13.2. The third-order valence-corrected chi connectivity index (χ3v) is 6.69. The predicted octanol–water partition coefficient (Wildman–Crippen LogP) is 2.17. The molecular weight excluding hydrogens is 336 g/mol. The Morgan fingerprint density at radius 3 is 2.40 bits per heavy atom. The Labute approximate surface area is 148 Å². The van der Waals surface area contributed by atoms with Crippen molar-refractivity contribution in [3.63, 3.8) is 0 Å². The number of likely N-dealkylation sites (N-methyl/N-ethyl adjacent to an activating group) is 1. The molecule has 132 valence electrons. The van der Waals surface area contributed by atoms with E-state index in [0.717, 1.165) is 22.3 Å². The normalized spacial score (nSPS) is 17.8. The van der Waals surface area contributed by atoms with Gasteiger partial charge in [-0.2, -0.15) is 4.31 Å². The van der Waals surface area contributed by atoms with Crippen molar-refractivity contribution in [1.82, 2.24) is 9.62 Å². The van der Waals surface area contributed by atoms with Gasteiger partial charge in [0.1, 0.15) is 6.04 Å². The SMILES string of the molecule is CNC(=O)C1Cc2ccccc2CN1S(=O)(=O)c1ccc(C)c(C)c1. The van der Waals surface area contributed by atoms with E-state index in [4.69, 9.17) is 0 Å². The van der Waals surface area contributed by atoms with E-state index in [9.17, 15) is 13.2 Å². The van der Waals surface area contributed by atoms with Crippen molar-refractivity contribution >= 4 is 15.9 Å². The van der Waals surface area contributed by atoms with E-state index < -0.39 is 16.1 Å². The summed E-state index contributed by atoms with van der Waals surface area (Å²) >= 11 is 0. The summed E-state index contributed by atoms with van der Waals surface area (Å²) < 4.78 is 27.8. The fraction of sp³-hybridized carbons (Fsp3) is 0.316. The number of fused-ring (bicyclic) bond motifs is 1. The molecule has 6 heteroatoms. The highest BCUT2D eigenvalue weighted by Crippen LogP contribution is 2.29. The average Bonchev–Trinajstić information content (AvgIpc) is 2.62. The first-order valence-electron chi connectivity index (χ1n) is 8.22. The molecule has 1 aliphatic rings. The molecule has 3 rings (SSSR count). The average molecular weight is 358 g/mol. The van der Waals surface area contributed by atoms with Crippen molar-refractivity contribution in [2.24, 2.45) is 0 Å². The lowest BCUT2D eigenvalue weighted by atomic mass is 9.95. The van der Waals surface area contributed by atoms with E-state index in [1.165, 1.54) is 11.4 Å². The standard InChI is InChI=1S/C19H22N2O3S/c1-13-8-9-17(10-14(13)2)25(23,24)21-12-16-7-5-4-6-15(16)11-18(21)19(22)20-3/h4-10,18H,11-12H2,1-3H3,(H,20,22). The zero-order valence-electron chi connectivity index (χ0n) is 14.6. The summed E-state index contributed by atoms with van der Waals surface area (Å²) in [5, 5.41) is 2.59. The largest absolute Gasteiger partial charge is 0.358 e. The number of hydrogen-bond donors (Lipinski definition) is 1. The van der Waals surface area contributed by atoms with Gasteiger partial charge in [-0.15, -0.1) is 0 Å². The minimum atomic E-state index is -3.78.